The number of rotatable bonds is 48. The summed E-state index contributed by atoms with van der Waals surface area (Å²) in [7, 11) is 0. The average Bonchev–Trinajstić information content (AvgIpc) is 3.31. The molecule has 408 valence electrons. The average molecular weight is 1010 g/mol. The maximum Gasteiger partial charge on any atom is 0.326 e. The predicted molar refractivity (Wildman–Crippen MR) is 265 cm³/mol. The lowest BCUT2D eigenvalue weighted by molar-refractivity contribution is -0.147. The quantitative estimate of drug-likeness (QED) is 0.0347. The third kappa shape index (κ3) is 47.2. The zero-order valence-electron chi connectivity index (χ0n) is 42.9. The number of ether oxygens (including phenoxy) is 4. The van der Waals surface area contributed by atoms with Gasteiger partial charge in [0.05, 0.1) is 39.5 Å². The molecule has 20 heteroatoms. The molecule has 3 atom stereocenters. The molecule has 0 bridgehead atoms. The fraction of sp³-hybridized carbons (Fsp3) is 0.820. The predicted octanol–water partition coefficient (Wildman–Crippen LogP) is 5.94. The molecule has 0 heterocycles. The summed E-state index contributed by atoms with van der Waals surface area (Å²) in [5.41, 5.74) is 0. The molecule has 0 aromatic rings. The third-order valence-corrected chi connectivity index (χ3v) is 11.0. The molecule has 0 rings (SSSR count). The van der Waals surface area contributed by atoms with E-state index in [9.17, 15) is 48.3 Å². The lowest BCUT2D eigenvalue weighted by atomic mass is 10.0. The Morgan fingerprint density at radius 1 is 0.486 bits per heavy atom. The van der Waals surface area contributed by atoms with E-state index >= 15 is 0 Å². The highest BCUT2D eigenvalue weighted by molar-refractivity contribution is 5.92. The van der Waals surface area contributed by atoms with E-state index in [4.69, 9.17) is 29.2 Å². The van der Waals surface area contributed by atoms with Crippen molar-refractivity contribution < 1.29 is 78.8 Å². The number of aliphatic carboxylic acids is 3. The molecule has 70 heavy (non-hydrogen) atoms. The number of nitrogens with one attached hydrogen (secondary N) is 4. The van der Waals surface area contributed by atoms with Crippen LogP contribution in [0.5, 0.6) is 0 Å². The molecule has 0 saturated heterocycles. The Kier molecular flexibility index (Phi) is 46.4. The number of carbonyl (C=O) groups excluding carboxylic acids is 6. The van der Waals surface area contributed by atoms with Crippen LogP contribution in [-0.4, -0.2) is 146 Å². The molecule has 0 radical (unpaired) electrons. The van der Waals surface area contributed by atoms with Gasteiger partial charge in [-0.05, 0) is 45.4 Å². The van der Waals surface area contributed by atoms with E-state index in [1.54, 1.807) is 13.8 Å². The molecule has 0 fully saturated rings. The fourth-order valence-electron chi connectivity index (χ4n) is 6.63. The van der Waals surface area contributed by atoms with Crippen molar-refractivity contribution in [1.29, 1.82) is 0 Å². The first kappa shape index (κ1) is 67.5. The molecule has 0 aromatic heterocycles. The van der Waals surface area contributed by atoms with Crippen LogP contribution in [0.3, 0.4) is 0 Å². The Balaban J connectivity index is -0.00000134. The molecule has 2 unspecified atom stereocenters. The highest BCUT2D eigenvalue weighted by Crippen LogP contribution is 2.14. The lowest BCUT2D eigenvalue weighted by Gasteiger charge is -2.20. The summed E-state index contributed by atoms with van der Waals surface area (Å²) in [4.78, 5) is 104. The monoisotopic (exact) mass is 1000 g/mol. The number of carbonyl (C=O) groups is 9. The summed E-state index contributed by atoms with van der Waals surface area (Å²) < 4.78 is 21.0. The number of hydrogen-bond donors (Lipinski definition) is 7. The van der Waals surface area contributed by atoms with Crippen molar-refractivity contribution in [2.75, 3.05) is 65.9 Å². The second kappa shape index (κ2) is 48.1. The van der Waals surface area contributed by atoms with Crippen molar-refractivity contribution in [3.63, 3.8) is 0 Å². The van der Waals surface area contributed by atoms with E-state index in [0.717, 1.165) is 70.6 Å². The van der Waals surface area contributed by atoms with Crippen LogP contribution in [0.2, 0.25) is 0 Å². The lowest BCUT2D eigenvalue weighted by Crippen LogP contribution is -2.52. The fourth-order valence-corrected chi connectivity index (χ4v) is 6.63. The van der Waals surface area contributed by atoms with E-state index in [0.29, 0.717) is 59.2 Å². The van der Waals surface area contributed by atoms with Gasteiger partial charge in [0, 0.05) is 52.7 Å². The number of unbranched alkanes of at least 4 members (excludes halogenated alkanes) is 14. The van der Waals surface area contributed by atoms with Crippen molar-refractivity contribution in [1.82, 2.24) is 21.3 Å². The summed E-state index contributed by atoms with van der Waals surface area (Å²) in [6.45, 7) is 10.8. The van der Waals surface area contributed by atoms with E-state index < -0.39 is 42.3 Å². The zero-order valence-corrected chi connectivity index (χ0v) is 42.9. The number of carboxylic acids is 3. The molecule has 0 aliphatic carbocycles. The first-order valence-corrected chi connectivity index (χ1v) is 25.7. The van der Waals surface area contributed by atoms with Crippen LogP contribution in [0, 0.1) is 5.92 Å². The molecule has 4 amide bonds. The molecule has 20 nitrogen and oxygen atoms in total. The SMILES string of the molecule is CCC(=O)CCC(NC(=O)CCCCCCCCCCCCCCCCC(=O)O)C(=O)NC(CC(=O)O)C(=O)O.CCCOCCOCC(=O)NCCOCCOCC(=O)NCCCC[C@H](C)C(C)=O.[HH]. The molecule has 0 aromatic carbocycles. The Morgan fingerprint density at radius 3 is 1.44 bits per heavy atom. The van der Waals surface area contributed by atoms with Crippen LogP contribution >= 0.6 is 0 Å². The number of amides is 4. The van der Waals surface area contributed by atoms with Crippen LogP contribution in [0.4, 0.5) is 0 Å². The van der Waals surface area contributed by atoms with Crippen LogP contribution in [0.1, 0.15) is 183 Å². The summed E-state index contributed by atoms with van der Waals surface area (Å²) in [6, 6.07) is -2.75. The molecule has 0 spiro atoms. The van der Waals surface area contributed by atoms with Crippen molar-refractivity contribution in [2.24, 2.45) is 5.92 Å². The van der Waals surface area contributed by atoms with Crippen LogP contribution < -0.4 is 21.3 Å². The first-order valence-electron chi connectivity index (χ1n) is 25.7. The number of hydrogen-bond acceptors (Lipinski definition) is 13. The summed E-state index contributed by atoms with van der Waals surface area (Å²) >= 11 is 0. The molecule has 0 aliphatic rings. The molecule has 0 aliphatic heterocycles. The number of ketones is 2. The van der Waals surface area contributed by atoms with Gasteiger partial charge in [0.15, 0.2) is 0 Å². The second-order valence-electron chi connectivity index (χ2n) is 17.4. The minimum Gasteiger partial charge on any atom is -0.481 e. The van der Waals surface area contributed by atoms with Crippen molar-refractivity contribution in [3.05, 3.63) is 0 Å². The van der Waals surface area contributed by atoms with Gasteiger partial charge < -0.3 is 55.5 Å². The first-order chi connectivity index (χ1) is 33.5. The van der Waals surface area contributed by atoms with E-state index in [2.05, 4.69) is 21.3 Å². The van der Waals surface area contributed by atoms with Crippen molar-refractivity contribution >= 4 is 53.1 Å². The number of carboxylic acid groups (broad SMARTS) is 3. The topological polar surface area (TPSA) is 299 Å². The van der Waals surface area contributed by atoms with Gasteiger partial charge in [0.1, 0.15) is 36.9 Å². The largest absolute Gasteiger partial charge is 0.481 e. The normalized spacial score (nSPS) is 12.1. The Hall–Kier alpha value is -4.53. The van der Waals surface area contributed by atoms with Gasteiger partial charge in [-0.2, -0.15) is 0 Å². The van der Waals surface area contributed by atoms with Crippen molar-refractivity contribution in [3.8, 4) is 0 Å². The van der Waals surface area contributed by atoms with Crippen LogP contribution in [-0.2, 0) is 62.1 Å². The van der Waals surface area contributed by atoms with Crippen LogP contribution in [0.25, 0.3) is 0 Å². The van der Waals surface area contributed by atoms with Gasteiger partial charge in [0.2, 0.25) is 23.6 Å². The van der Waals surface area contributed by atoms with Gasteiger partial charge in [-0.1, -0.05) is 104 Å². The highest BCUT2D eigenvalue weighted by atomic mass is 16.5. The van der Waals surface area contributed by atoms with Crippen LogP contribution in [0.15, 0.2) is 0 Å². The summed E-state index contributed by atoms with van der Waals surface area (Å²) in [5.74, 6) is -4.95. The van der Waals surface area contributed by atoms with E-state index in [1.165, 1.54) is 38.5 Å². The maximum absolute atomic E-state index is 12.6. The number of Topliss-reactive ketones (excluding diaryl/α,β-unsaturated/α-hetero) is 2. The van der Waals surface area contributed by atoms with E-state index in [-0.39, 0.29) is 82.0 Å². The Morgan fingerprint density at radius 2 is 0.971 bits per heavy atom. The molecule has 7 N–H and O–H groups in total. The second-order valence-corrected chi connectivity index (χ2v) is 17.4. The highest BCUT2D eigenvalue weighted by Gasteiger charge is 2.28. The Labute approximate surface area is 418 Å². The van der Waals surface area contributed by atoms with Gasteiger partial charge in [-0.15, -0.1) is 0 Å². The van der Waals surface area contributed by atoms with Crippen molar-refractivity contribution in [2.45, 2.75) is 194 Å². The van der Waals surface area contributed by atoms with E-state index in [1.807, 2.05) is 13.8 Å². The summed E-state index contributed by atoms with van der Waals surface area (Å²) in [6.07, 6.45) is 18.4. The molecular formula is C50H92N4O16. The minimum absolute atomic E-state index is 0. The zero-order chi connectivity index (χ0) is 52.6. The Bertz CT molecular complexity index is 1460. The minimum atomic E-state index is -1.63. The molecule has 0 saturated carbocycles. The molecular weight excluding hydrogens is 913 g/mol. The summed E-state index contributed by atoms with van der Waals surface area (Å²) in [5, 5.41) is 36.9. The maximum atomic E-state index is 12.6. The van der Waals surface area contributed by atoms with Gasteiger partial charge in [-0.3, -0.25) is 38.4 Å². The smallest absolute Gasteiger partial charge is 0.326 e. The van der Waals surface area contributed by atoms with Gasteiger partial charge in [0.25, 0.3) is 0 Å². The third-order valence-electron chi connectivity index (χ3n) is 11.0. The van der Waals surface area contributed by atoms with Gasteiger partial charge in [-0.25, -0.2) is 4.79 Å². The van der Waals surface area contributed by atoms with Gasteiger partial charge >= 0.3 is 17.9 Å². The standard InChI is InChI=1S/C29H50N2O9.C21H40N2O7.H2/c1-2-22(32)19-20-23(28(38)31-24(29(39)40)21-27(36)37)30-25(33)17-15-13-11-9-7-5-3-4-6-8-10-12-14-16-18-26(34)35;1-4-10-27-12-14-29-17-21(26)23-9-11-28-13-15-30-16-20(25)22-8-6-5-7-18(2)19(3)24;/h23-24H,2-21H2,1H3,(H,30,33)(H,31,38)(H,34,35)(H,36,37)(H,39,40);18H,4-17H2,1-3H3,(H,22,25)(H,23,26);1H/t;18-;/m.0./s1.